The van der Waals surface area contributed by atoms with Crippen molar-refractivity contribution in [3.8, 4) is 5.75 Å². The van der Waals surface area contributed by atoms with Crippen molar-refractivity contribution < 1.29 is 13.9 Å². The van der Waals surface area contributed by atoms with Crippen LogP contribution in [0.3, 0.4) is 0 Å². The fourth-order valence-electron chi connectivity index (χ4n) is 1.19. The zero-order valence-corrected chi connectivity index (χ0v) is 7.85. The summed E-state index contributed by atoms with van der Waals surface area (Å²) in [6.45, 7) is 3.16. The van der Waals surface area contributed by atoms with Gasteiger partial charge in [0.1, 0.15) is 0 Å². The molecule has 70 valence electrons. The van der Waals surface area contributed by atoms with Crippen LogP contribution in [0.2, 0.25) is 0 Å². The van der Waals surface area contributed by atoms with Gasteiger partial charge in [0.05, 0.1) is 7.11 Å². The van der Waals surface area contributed by atoms with Gasteiger partial charge in [0.25, 0.3) is 0 Å². The highest BCUT2D eigenvalue weighted by atomic mass is 19.1. The molecular formula is C10H11FO2. The third kappa shape index (κ3) is 1.86. The number of hydrogen-bond donors (Lipinski definition) is 0. The number of ketones is 1. The number of halogens is 1. The van der Waals surface area contributed by atoms with Crippen LogP contribution < -0.4 is 4.74 Å². The van der Waals surface area contributed by atoms with Gasteiger partial charge in [-0.1, -0.05) is 0 Å². The summed E-state index contributed by atoms with van der Waals surface area (Å²) in [5.41, 5.74) is 1.13. The summed E-state index contributed by atoms with van der Waals surface area (Å²) in [6.07, 6.45) is 0. The van der Waals surface area contributed by atoms with Gasteiger partial charge < -0.3 is 4.74 Å². The largest absolute Gasteiger partial charge is 0.494 e. The first kappa shape index (κ1) is 9.71. The van der Waals surface area contributed by atoms with E-state index in [9.17, 15) is 9.18 Å². The number of ether oxygens (including phenoxy) is 1. The second-order valence-corrected chi connectivity index (χ2v) is 2.86. The van der Waals surface area contributed by atoms with E-state index in [2.05, 4.69) is 0 Å². The fourth-order valence-corrected chi connectivity index (χ4v) is 1.19. The maximum atomic E-state index is 13.1. The first-order chi connectivity index (χ1) is 6.06. The Balaban J connectivity index is 3.28. The Bertz CT molecular complexity index is 345. The van der Waals surface area contributed by atoms with Crippen molar-refractivity contribution in [1.29, 1.82) is 0 Å². The SMILES string of the molecule is COc1cc(C)c(C(C)=O)cc1F. The van der Waals surface area contributed by atoms with Gasteiger partial charge in [-0.25, -0.2) is 4.39 Å². The van der Waals surface area contributed by atoms with Crippen LogP contribution >= 0.6 is 0 Å². The monoisotopic (exact) mass is 182 g/mol. The van der Waals surface area contributed by atoms with E-state index in [0.717, 1.165) is 5.56 Å². The Hall–Kier alpha value is -1.38. The van der Waals surface area contributed by atoms with E-state index in [0.29, 0.717) is 5.56 Å². The second kappa shape index (κ2) is 3.56. The molecule has 0 fully saturated rings. The number of carbonyl (C=O) groups excluding carboxylic acids is 1. The fraction of sp³-hybridized carbons (Fsp3) is 0.300. The molecule has 0 aliphatic rings. The number of hydrogen-bond acceptors (Lipinski definition) is 2. The maximum Gasteiger partial charge on any atom is 0.165 e. The number of benzene rings is 1. The number of aryl methyl sites for hydroxylation is 1. The molecule has 0 atom stereocenters. The number of rotatable bonds is 2. The van der Waals surface area contributed by atoms with Crippen molar-refractivity contribution in [2.75, 3.05) is 7.11 Å². The molecule has 0 saturated heterocycles. The molecule has 0 heterocycles. The Morgan fingerprint density at radius 1 is 1.46 bits per heavy atom. The highest BCUT2D eigenvalue weighted by Gasteiger charge is 2.09. The lowest BCUT2D eigenvalue weighted by molar-refractivity contribution is 0.101. The van der Waals surface area contributed by atoms with Crippen LogP contribution in [0.4, 0.5) is 4.39 Å². The van der Waals surface area contributed by atoms with Gasteiger partial charge in [0.2, 0.25) is 0 Å². The average molecular weight is 182 g/mol. The lowest BCUT2D eigenvalue weighted by atomic mass is 10.1. The third-order valence-electron chi connectivity index (χ3n) is 1.88. The molecule has 0 amide bonds. The Morgan fingerprint density at radius 2 is 2.08 bits per heavy atom. The van der Waals surface area contributed by atoms with Crippen molar-refractivity contribution in [1.82, 2.24) is 0 Å². The van der Waals surface area contributed by atoms with Crippen LogP contribution in [0.5, 0.6) is 5.75 Å². The summed E-state index contributed by atoms with van der Waals surface area (Å²) in [7, 11) is 1.39. The first-order valence-electron chi connectivity index (χ1n) is 3.91. The minimum Gasteiger partial charge on any atom is -0.494 e. The smallest absolute Gasteiger partial charge is 0.165 e. The molecule has 0 bridgehead atoms. The molecule has 3 heteroatoms. The summed E-state index contributed by atoms with van der Waals surface area (Å²) in [4.78, 5) is 11.0. The minimum absolute atomic E-state index is 0.140. The molecule has 0 saturated carbocycles. The number of methoxy groups -OCH3 is 1. The predicted octanol–water partition coefficient (Wildman–Crippen LogP) is 2.35. The van der Waals surface area contributed by atoms with Crippen molar-refractivity contribution in [2.45, 2.75) is 13.8 Å². The summed E-state index contributed by atoms with van der Waals surface area (Å²) in [6, 6.07) is 2.72. The van der Waals surface area contributed by atoms with Gasteiger partial charge >= 0.3 is 0 Å². The van der Waals surface area contributed by atoms with Gasteiger partial charge in [-0.15, -0.1) is 0 Å². The molecule has 2 nitrogen and oxygen atoms in total. The molecular weight excluding hydrogens is 171 g/mol. The first-order valence-corrected chi connectivity index (χ1v) is 3.91. The van der Waals surface area contributed by atoms with Crippen LogP contribution in [-0.2, 0) is 0 Å². The quantitative estimate of drug-likeness (QED) is 0.656. The highest BCUT2D eigenvalue weighted by Crippen LogP contribution is 2.21. The lowest BCUT2D eigenvalue weighted by Crippen LogP contribution is -1.99. The molecule has 0 unspecified atom stereocenters. The Kier molecular flexibility index (Phi) is 2.66. The standard InChI is InChI=1S/C10H11FO2/c1-6-4-10(13-3)9(11)5-8(6)7(2)12/h4-5H,1-3H3. The molecule has 13 heavy (non-hydrogen) atoms. The molecule has 0 N–H and O–H groups in total. The normalized spacial score (nSPS) is 9.85. The molecule has 0 spiro atoms. The second-order valence-electron chi connectivity index (χ2n) is 2.86. The van der Waals surface area contributed by atoms with Crippen molar-refractivity contribution in [3.63, 3.8) is 0 Å². The van der Waals surface area contributed by atoms with Crippen LogP contribution in [-0.4, -0.2) is 12.9 Å². The van der Waals surface area contributed by atoms with E-state index in [1.807, 2.05) is 0 Å². The number of carbonyl (C=O) groups is 1. The number of Topliss-reactive ketones (excluding diaryl/α,β-unsaturated/α-hetero) is 1. The van der Waals surface area contributed by atoms with Gasteiger partial charge in [-0.05, 0) is 31.5 Å². The van der Waals surface area contributed by atoms with Crippen molar-refractivity contribution >= 4 is 5.78 Å². The van der Waals surface area contributed by atoms with E-state index in [1.165, 1.54) is 26.2 Å². The van der Waals surface area contributed by atoms with E-state index in [4.69, 9.17) is 4.74 Å². The van der Waals surface area contributed by atoms with E-state index < -0.39 is 5.82 Å². The van der Waals surface area contributed by atoms with Gasteiger partial charge in [0.15, 0.2) is 17.3 Å². The molecule has 1 aromatic carbocycles. The molecule has 0 aliphatic heterocycles. The van der Waals surface area contributed by atoms with Gasteiger partial charge in [-0.2, -0.15) is 0 Å². The molecule has 0 aliphatic carbocycles. The summed E-state index contributed by atoms with van der Waals surface area (Å²) in [5, 5.41) is 0. The Labute approximate surface area is 76.3 Å². The molecule has 0 radical (unpaired) electrons. The van der Waals surface area contributed by atoms with Crippen LogP contribution in [0.1, 0.15) is 22.8 Å². The zero-order chi connectivity index (χ0) is 10.0. The van der Waals surface area contributed by atoms with Crippen LogP contribution in [0.15, 0.2) is 12.1 Å². The summed E-state index contributed by atoms with van der Waals surface area (Å²) in [5.74, 6) is -0.472. The molecule has 1 rings (SSSR count). The minimum atomic E-state index is -0.502. The van der Waals surface area contributed by atoms with E-state index in [-0.39, 0.29) is 11.5 Å². The average Bonchev–Trinajstić information content (AvgIpc) is 2.07. The van der Waals surface area contributed by atoms with Crippen LogP contribution in [0, 0.1) is 12.7 Å². The van der Waals surface area contributed by atoms with Gasteiger partial charge in [0, 0.05) is 5.56 Å². The lowest BCUT2D eigenvalue weighted by Gasteiger charge is -2.06. The molecule has 0 aromatic heterocycles. The summed E-state index contributed by atoms with van der Waals surface area (Å²) >= 11 is 0. The Morgan fingerprint density at radius 3 is 2.54 bits per heavy atom. The van der Waals surface area contributed by atoms with Crippen LogP contribution in [0.25, 0.3) is 0 Å². The highest BCUT2D eigenvalue weighted by molar-refractivity contribution is 5.95. The predicted molar refractivity (Wildman–Crippen MR) is 47.7 cm³/mol. The maximum absolute atomic E-state index is 13.1. The van der Waals surface area contributed by atoms with Gasteiger partial charge in [-0.3, -0.25) is 4.79 Å². The topological polar surface area (TPSA) is 26.3 Å². The van der Waals surface area contributed by atoms with E-state index >= 15 is 0 Å². The van der Waals surface area contributed by atoms with E-state index in [1.54, 1.807) is 6.92 Å². The van der Waals surface area contributed by atoms with Crippen molar-refractivity contribution in [2.24, 2.45) is 0 Å². The van der Waals surface area contributed by atoms with Crippen molar-refractivity contribution in [3.05, 3.63) is 29.1 Å². The zero-order valence-electron chi connectivity index (χ0n) is 7.85. The summed E-state index contributed by atoms with van der Waals surface area (Å²) < 4.78 is 17.9. The third-order valence-corrected chi connectivity index (χ3v) is 1.88. The molecule has 1 aromatic rings.